The molecule has 1 aromatic heterocycles. The molecule has 0 radical (unpaired) electrons. The first-order valence-electron chi connectivity index (χ1n) is 23.5. The lowest BCUT2D eigenvalue weighted by atomic mass is 9.97. The molecule has 2 nitrogen and oxygen atoms in total. The van der Waals surface area contributed by atoms with Crippen molar-refractivity contribution in [2.24, 2.45) is 0 Å². The van der Waals surface area contributed by atoms with E-state index < -0.39 is 0 Å². The van der Waals surface area contributed by atoms with Crippen LogP contribution >= 0.6 is 11.3 Å². The molecule has 0 fully saturated rings. The van der Waals surface area contributed by atoms with Gasteiger partial charge in [0, 0.05) is 53.9 Å². The molecular formula is C66H46N2S. The van der Waals surface area contributed by atoms with Crippen LogP contribution in [0.1, 0.15) is 0 Å². The minimum atomic E-state index is 1.06. The Morgan fingerprint density at radius 3 is 1.22 bits per heavy atom. The summed E-state index contributed by atoms with van der Waals surface area (Å²) in [7, 11) is 0. The monoisotopic (exact) mass is 898 g/mol. The van der Waals surface area contributed by atoms with E-state index in [0.29, 0.717) is 0 Å². The Morgan fingerprint density at radius 2 is 0.638 bits per heavy atom. The zero-order valence-electron chi connectivity index (χ0n) is 37.9. The van der Waals surface area contributed by atoms with E-state index in [-0.39, 0.29) is 0 Å². The fraction of sp³-hybridized carbons (Fsp3) is 0. The third-order valence-corrected chi connectivity index (χ3v) is 14.3. The fourth-order valence-electron chi connectivity index (χ4n) is 9.83. The molecule has 0 aliphatic rings. The van der Waals surface area contributed by atoms with Crippen LogP contribution in [0.2, 0.25) is 0 Å². The maximum atomic E-state index is 2.44. The van der Waals surface area contributed by atoms with E-state index >= 15 is 0 Å². The van der Waals surface area contributed by atoms with Crippen molar-refractivity contribution < 1.29 is 0 Å². The lowest BCUT2D eigenvalue weighted by molar-refractivity contribution is 1.28. The summed E-state index contributed by atoms with van der Waals surface area (Å²) in [6, 6.07) is 101. The zero-order chi connectivity index (χ0) is 45.9. The van der Waals surface area contributed by atoms with Crippen molar-refractivity contribution in [2.75, 3.05) is 9.80 Å². The molecule has 326 valence electrons. The normalized spacial score (nSPS) is 11.2. The number of hydrogen-bond acceptors (Lipinski definition) is 3. The molecule has 0 saturated heterocycles. The van der Waals surface area contributed by atoms with Gasteiger partial charge in [0.05, 0.1) is 17.1 Å². The second-order valence-electron chi connectivity index (χ2n) is 17.2. The van der Waals surface area contributed by atoms with Gasteiger partial charge in [-0.1, -0.05) is 224 Å². The minimum absolute atomic E-state index is 1.06. The highest BCUT2D eigenvalue weighted by Crippen LogP contribution is 2.48. The number of rotatable bonds is 11. The van der Waals surface area contributed by atoms with Crippen LogP contribution in [0.3, 0.4) is 0 Å². The van der Waals surface area contributed by atoms with Gasteiger partial charge >= 0.3 is 0 Å². The summed E-state index contributed by atoms with van der Waals surface area (Å²) in [5.74, 6) is 0. The van der Waals surface area contributed by atoms with Crippen molar-refractivity contribution in [3.8, 4) is 55.6 Å². The van der Waals surface area contributed by atoms with Crippen molar-refractivity contribution in [3.63, 3.8) is 0 Å². The molecule has 0 amide bonds. The van der Waals surface area contributed by atoms with Gasteiger partial charge < -0.3 is 9.80 Å². The summed E-state index contributed by atoms with van der Waals surface area (Å²) in [6.07, 6.45) is 0. The van der Waals surface area contributed by atoms with Crippen LogP contribution < -0.4 is 9.80 Å². The average molecular weight is 899 g/mol. The van der Waals surface area contributed by atoms with Crippen LogP contribution in [0.5, 0.6) is 0 Å². The number of para-hydroxylation sites is 3. The van der Waals surface area contributed by atoms with Gasteiger partial charge in [-0.05, 0) is 93.5 Å². The van der Waals surface area contributed by atoms with Crippen molar-refractivity contribution in [1.29, 1.82) is 0 Å². The van der Waals surface area contributed by atoms with Gasteiger partial charge in [-0.3, -0.25) is 0 Å². The molecule has 0 aliphatic heterocycles. The highest BCUT2D eigenvalue weighted by atomic mass is 32.1. The third-order valence-electron chi connectivity index (χ3n) is 13.1. The Balaban J connectivity index is 1.04. The Bertz CT molecular complexity index is 3630. The Morgan fingerprint density at radius 1 is 0.232 bits per heavy atom. The molecule has 11 aromatic carbocycles. The number of nitrogens with zero attached hydrogens (tertiary/aromatic N) is 2. The molecule has 0 saturated carbocycles. The molecule has 0 atom stereocenters. The second kappa shape index (κ2) is 18.5. The quantitative estimate of drug-likeness (QED) is 0.128. The van der Waals surface area contributed by atoms with Crippen LogP contribution in [0.25, 0.3) is 75.8 Å². The second-order valence-corrected chi connectivity index (χ2v) is 18.3. The SMILES string of the molecule is c1ccc(-c2ccc(N(c3ccc4c(c3)sc3c(-c5ccccc5)cccc34)c3ccccc3-c3cccc(N(c4ccccc4-c4ccccc4)c4ccccc4-c4ccccc4)c3)cc2)cc1. The minimum Gasteiger partial charge on any atom is -0.310 e. The molecule has 3 heteroatoms. The van der Waals surface area contributed by atoms with E-state index in [1.165, 1.54) is 42.4 Å². The zero-order valence-corrected chi connectivity index (χ0v) is 38.7. The van der Waals surface area contributed by atoms with Crippen LogP contribution in [-0.2, 0) is 0 Å². The van der Waals surface area contributed by atoms with Crippen molar-refractivity contribution in [1.82, 2.24) is 0 Å². The van der Waals surface area contributed by atoms with Gasteiger partial charge in [-0.25, -0.2) is 0 Å². The van der Waals surface area contributed by atoms with Gasteiger partial charge in [0.25, 0.3) is 0 Å². The van der Waals surface area contributed by atoms with E-state index in [1.807, 2.05) is 11.3 Å². The molecule has 0 bridgehead atoms. The molecule has 0 aliphatic carbocycles. The van der Waals surface area contributed by atoms with Crippen molar-refractivity contribution in [2.45, 2.75) is 0 Å². The standard InChI is InChI=1S/C66H46N2S/c1-5-21-47(22-6-1)48-39-41-53(42-40-48)67(55-43-44-60-61-35-20-34-59(51-27-11-4-12-28-51)66(61)69-65(60)46-55)62-36-16-15-33-58(62)52-29-19-30-54(45-52)68(63-37-17-13-31-56(63)49-23-7-2-8-24-49)64-38-18-14-32-57(64)50-25-9-3-10-26-50/h1-46H. The summed E-state index contributed by atoms with van der Waals surface area (Å²) in [6.45, 7) is 0. The number of fused-ring (bicyclic) bond motifs is 3. The van der Waals surface area contributed by atoms with E-state index in [1.54, 1.807) is 0 Å². The molecular weight excluding hydrogens is 853 g/mol. The Hall–Kier alpha value is -8.76. The number of hydrogen-bond donors (Lipinski definition) is 0. The molecule has 69 heavy (non-hydrogen) atoms. The number of benzene rings is 11. The van der Waals surface area contributed by atoms with E-state index in [2.05, 4.69) is 289 Å². The van der Waals surface area contributed by atoms with Crippen LogP contribution in [0.15, 0.2) is 279 Å². The van der Waals surface area contributed by atoms with Crippen LogP contribution in [-0.4, -0.2) is 0 Å². The maximum absolute atomic E-state index is 2.44. The fourth-order valence-corrected chi connectivity index (χ4v) is 11.1. The molecule has 0 unspecified atom stereocenters. The number of anilines is 6. The first-order valence-corrected chi connectivity index (χ1v) is 24.3. The summed E-state index contributed by atoms with van der Waals surface area (Å²) >= 11 is 1.87. The van der Waals surface area contributed by atoms with E-state index in [0.717, 1.165) is 67.5 Å². The van der Waals surface area contributed by atoms with E-state index in [4.69, 9.17) is 0 Å². The summed E-state index contributed by atoms with van der Waals surface area (Å²) in [5, 5.41) is 2.55. The topological polar surface area (TPSA) is 6.48 Å². The largest absolute Gasteiger partial charge is 0.310 e. The molecule has 1 heterocycles. The van der Waals surface area contributed by atoms with Gasteiger partial charge in [-0.2, -0.15) is 0 Å². The molecule has 0 N–H and O–H groups in total. The van der Waals surface area contributed by atoms with Crippen LogP contribution in [0, 0.1) is 0 Å². The molecule has 12 aromatic rings. The highest BCUT2D eigenvalue weighted by Gasteiger charge is 2.23. The van der Waals surface area contributed by atoms with Crippen molar-refractivity contribution in [3.05, 3.63) is 279 Å². The summed E-state index contributed by atoms with van der Waals surface area (Å²) in [5.41, 5.74) is 18.3. The molecule has 12 rings (SSSR count). The lowest BCUT2D eigenvalue weighted by Crippen LogP contribution is -2.13. The predicted octanol–water partition coefficient (Wildman–Crippen LogP) is 19.3. The van der Waals surface area contributed by atoms with Gasteiger partial charge in [0.2, 0.25) is 0 Å². The maximum Gasteiger partial charge on any atom is 0.0540 e. The first-order chi connectivity index (χ1) is 34.2. The van der Waals surface area contributed by atoms with Gasteiger partial charge in [-0.15, -0.1) is 11.3 Å². The van der Waals surface area contributed by atoms with Crippen molar-refractivity contribution >= 4 is 65.6 Å². The first kappa shape index (κ1) is 41.7. The number of thiophene rings is 1. The Kier molecular flexibility index (Phi) is 11.2. The molecule has 0 spiro atoms. The lowest BCUT2D eigenvalue weighted by Gasteiger charge is -2.31. The summed E-state index contributed by atoms with van der Waals surface area (Å²) < 4.78 is 2.56. The van der Waals surface area contributed by atoms with E-state index in [9.17, 15) is 0 Å². The Labute approximate surface area is 407 Å². The van der Waals surface area contributed by atoms with Gasteiger partial charge in [0.15, 0.2) is 0 Å². The smallest absolute Gasteiger partial charge is 0.0540 e. The summed E-state index contributed by atoms with van der Waals surface area (Å²) in [4.78, 5) is 4.88. The average Bonchev–Trinajstić information content (AvgIpc) is 3.81. The third kappa shape index (κ3) is 8.05. The van der Waals surface area contributed by atoms with Crippen LogP contribution in [0.4, 0.5) is 34.1 Å². The highest BCUT2D eigenvalue weighted by molar-refractivity contribution is 7.26. The predicted molar refractivity (Wildman–Crippen MR) is 296 cm³/mol. The van der Waals surface area contributed by atoms with Gasteiger partial charge in [0.1, 0.15) is 0 Å².